The average Bonchev–Trinajstić information content (AvgIpc) is 3.52. The summed E-state index contributed by atoms with van der Waals surface area (Å²) >= 11 is 0. The molecule has 0 spiro atoms. The predicted molar refractivity (Wildman–Crippen MR) is 196 cm³/mol. The summed E-state index contributed by atoms with van der Waals surface area (Å²) < 4.78 is 26.2. The molecular formula is C40H50N2O14. The molecule has 0 aromatic heterocycles. The second kappa shape index (κ2) is 16.7. The van der Waals surface area contributed by atoms with Crippen molar-refractivity contribution < 1.29 is 58.1 Å². The third kappa shape index (κ3) is 8.45. The summed E-state index contributed by atoms with van der Waals surface area (Å²) in [6.45, 7) is 6.13. The molecule has 2 aromatic carbocycles. The number of nitrogens with zero attached hydrogens (tertiary/aromatic N) is 2. The van der Waals surface area contributed by atoms with Crippen molar-refractivity contribution in [2.45, 2.75) is 96.9 Å². The minimum absolute atomic E-state index is 0.0171. The number of aliphatic hydroxyl groups is 2. The molecule has 16 heteroatoms. The van der Waals surface area contributed by atoms with Crippen molar-refractivity contribution in [3.63, 3.8) is 0 Å². The molecular weight excluding hydrogens is 732 g/mol. The van der Waals surface area contributed by atoms with Crippen LogP contribution in [-0.4, -0.2) is 69.9 Å². The van der Waals surface area contributed by atoms with E-state index in [9.17, 15) is 44.8 Å². The number of carbonyl (C=O) groups is 3. The molecule has 4 aliphatic carbocycles. The molecule has 6 rings (SSSR count). The van der Waals surface area contributed by atoms with Gasteiger partial charge in [0, 0.05) is 30.7 Å². The first kappa shape index (κ1) is 40.8. The van der Waals surface area contributed by atoms with E-state index in [4.69, 9.17) is 23.7 Å². The molecule has 304 valence electrons. The van der Waals surface area contributed by atoms with Crippen LogP contribution in [0, 0.1) is 66.6 Å². The standard InChI is InChI=1S/C40H50N2O14/c1-23(4-15-35(45)52-18-19-53-37(46)54-27-9-5-25(6-10-27)41(48)49)30-13-14-31-36-32(22-34(44)40(30,31)3)39(2)17-16-29(20-24(39)21-33(36)43)56-38(47)55-28-11-7-26(8-12-28)42(50)51/h5-12,23-24,29-34,36,43-44H,4,13-22H2,1-3H3/t23-,24+,29-,30-,31+,32+,33-,34+,36+,39+,40-/m1/s1. The van der Waals surface area contributed by atoms with Gasteiger partial charge < -0.3 is 33.9 Å². The number of hydrogen-bond donors (Lipinski definition) is 2. The fourth-order valence-electron chi connectivity index (χ4n) is 10.8. The number of fused-ring (bicyclic) bond motifs is 5. The number of nitro groups is 2. The van der Waals surface area contributed by atoms with E-state index in [-0.39, 0.29) is 83.4 Å². The Morgan fingerprint density at radius 3 is 2.00 bits per heavy atom. The van der Waals surface area contributed by atoms with Crippen LogP contribution in [0.2, 0.25) is 0 Å². The van der Waals surface area contributed by atoms with Crippen molar-refractivity contribution in [3.8, 4) is 11.5 Å². The van der Waals surface area contributed by atoms with E-state index >= 15 is 0 Å². The normalized spacial score (nSPS) is 32.4. The zero-order valence-electron chi connectivity index (χ0n) is 31.8. The Morgan fingerprint density at radius 1 is 0.804 bits per heavy atom. The second-order valence-electron chi connectivity index (χ2n) is 16.4. The highest BCUT2D eigenvalue weighted by Crippen LogP contribution is 2.68. The smallest absolute Gasteiger partial charge is 0.462 e. The number of rotatable bonds is 12. The van der Waals surface area contributed by atoms with Crippen molar-refractivity contribution in [2.75, 3.05) is 13.2 Å². The quantitative estimate of drug-likeness (QED) is 0.0544. The van der Waals surface area contributed by atoms with Gasteiger partial charge in [0.2, 0.25) is 0 Å². The zero-order valence-corrected chi connectivity index (χ0v) is 31.8. The number of carbonyl (C=O) groups excluding carboxylic acids is 3. The third-order valence-electron chi connectivity index (χ3n) is 13.6. The van der Waals surface area contributed by atoms with E-state index < -0.39 is 51.9 Å². The Balaban J connectivity index is 0.968. The van der Waals surface area contributed by atoms with Gasteiger partial charge in [-0.1, -0.05) is 20.8 Å². The molecule has 0 heterocycles. The molecule has 56 heavy (non-hydrogen) atoms. The summed E-state index contributed by atoms with van der Waals surface area (Å²) in [5.74, 6) is 0.311. The lowest BCUT2D eigenvalue weighted by Gasteiger charge is -2.63. The van der Waals surface area contributed by atoms with Crippen LogP contribution >= 0.6 is 0 Å². The predicted octanol–water partition coefficient (Wildman–Crippen LogP) is 7.16. The van der Waals surface area contributed by atoms with Gasteiger partial charge in [0.15, 0.2) is 0 Å². The van der Waals surface area contributed by atoms with Crippen LogP contribution in [0.15, 0.2) is 48.5 Å². The highest BCUT2D eigenvalue weighted by molar-refractivity contribution is 5.69. The summed E-state index contributed by atoms with van der Waals surface area (Å²) in [4.78, 5) is 57.8. The van der Waals surface area contributed by atoms with E-state index in [1.165, 1.54) is 48.5 Å². The van der Waals surface area contributed by atoms with E-state index in [0.29, 0.717) is 32.1 Å². The average molecular weight is 783 g/mol. The molecule has 4 saturated carbocycles. The van der Waals surface area contributed by atoms with Gasteiger partial charge in [0.1, 0.15) is 30.8 Å². The highest BCUT2D eigenvalue weighted by atomic mass is 16.7. The number of hydrogen-bond acceptors (Lipinski definition) is 14. The first-order valence-electron chi connectivity index (χ1n) is 19.3. The Morgan fingerprint density at radius 2 is 1.39 bits per heavy atom. The van der Waals surface area contributed by atoms with Crippen molar-refractivity contribution in [3.05, 3.63) is 68.8 Å². The number of benzene rings is 2. The molecule has 16 nitrogen and oxygen atoms in total. The van der Waals surface area contributed by atoms with Gasteiger partial charge >= 0.3 is 18.3 Å². The highest BCUT2D eigenvalue weighted by Gasteiger charge is 2.66. The number of non-ortho nitro benzene ring substituents is 2. The van der Waals surface area contributed by atoms with Crippen LogP contribution in [0.3, 0.4) is 0 Å². The van der Waals surface area contributed by atoms with Crippen LogP contribution < -0.4 is 9.47 Å². The Labute approximate surface area is 324 Å². The number of esters is 1. The summed E-state index contributed by atoms with van der Waals surface area (Å²) in [6, 6.07) is 10.1. The van der Waals surface area contributed by atoms with Crippen LogP contribution in [0.1, 0.15) is 78.6 Å². The molecule has 0 radical (unpaired) electrons. The maximum Gasteiger partial charge on any atom is 0.514 e. The van der Waals surface area contributed by atoms with Gasteiger partial charge in [-0.25, -0.2) is 9.59 Å². The summed E-state index contributed by atoms with van der Waals surface area (Å²) in [7, 11) is 0. The Kier molecular flexibility index (Phi) is 12.2. The lowest BCUT2D eigenvalue weighted by molar-refractivity contribution is -0.385. The van der Waals surface area contributed by atoms with E-state index in [1.54, 1.807) is 0 Å². The molecule has 11 atom stereocenters. The summed E-state index contributed by atoms with van der Waals surface area (Å²) in [5.41, 5.74) is -0.861. The molecule has 2 aromatic rings. The van der Waals surface area contributed by atoms with Gasteiger partial charge in [0.05, 0.1) is 22.1 Å². The van der Waals surface area contributed by atoms with E-state index in [0.717, 1.165) is 19.3 Å². The lowest BCUT2D eigenvalue weighted by Crippen LogP contribution is -2.62. The zero-order chi connectivity index (χ0) is 40.4. The molecule has 4 fully saturated rings. The molecule has 0 unspecified atom stereocenters. The maximum atomic E-state index is 12.6. The third-order valence-corrected chi connectivity index (χ3v) is 13.6. The number of nitro benzene ring substituents is 2. The lowest BCUT2D eigenvalue weighted by atomic mass is 9.43. The summed E-state index contributed by atoms with van der Waals surface area (Å²) in [6.07, 6.45) is 2.07. The van der Waals surface area contributed by atoms with Crippen LogP contribution in [0.4, 0.5) is 21.0 Å². The van der Waals surface area contributed by atoms with Gasteiger partial charge in [0.25, 0.3) is 11.4 Å². The minimum atomic E-state index is -1.03. The van der Waals surface area contributed by atoms with Crippen LogP contribution in [-0.2, 0) is 19.0 Å². The fourth-order valence-corrected chi connectivity index (χ4v) is 10.8. The molecule has 4 aliphatic rings. The fraction of sp³-hybridized carbons (Fsp3) is 0.625. The number of ether oxygens (including phenoxy) is 5. The molecule has 2 N–H and O–H groups in total. The minimum Gasteiger partial charge on any atom is -0.462 e. The molecule has 0 aliphatic heterocycles. The van der Waals surface area contributed by atoms with Crippen molar-refractivity contribution in [2.24, 2.45) is 46.3 Å². The maximum absolute atomic E-state index is 12.6. The topological polar surface area (TPSA) is 224 Å². The largest absolute Gasteiger partial charge is 0.514 e. The Bertz CT molecular complexity index is 1770. The molecule has 0 saturated heterocycles. The summed E-state index contributed by atoms with van der Waals surface area (Å²) in [5, 5.41) is 45.4. The van der Waals surface area contributed by atoms with Gasteiger partial charge in [-0.3, -0.25) is 25.0 Å². The van der Waals surface area contributed by atoms with Gasteiger partial charge in [-0.15, -0.1) is 0 Å². The van der Waals surface area contributed by atoms with Crippen LogP contribution in [0.5, 0.6) is 11.5 Å². The van der Waals surface area contributed by atoms with Crippen molar-refractivity contribution in [1.29, 1.82) is 0 Å². The van der Waals surface area contributed by atoms with E-state index in [1.807, 2.05) is 0 Å². The van der Waals surface area contributed by atoms with Gasteiger partial charge in [-0.2, -0.15) is 0 Å². The molecule has 0 amide bonds. The monoisotopic (exact) mass is 782 g/mol. The molecule has 0 bridgehead atoms. The first-order valence-corrected chi connectivity index (χ1v) is 19.3. The SMILES string of the molecule is C[C@H](CCC(=O)OCCOC(=O)Oc1ccc([N+](=O)[O-])cc1)[C@H]1CC[C@H]2[C@@H]3[C@H](O)C[C@@H]4C[C@H](OC(=O)Oc5ccc([N+](=O)[O-])cc5)CC[C@]4(C)[C@H]3C[C@H](O)[C@]12C. The van der Waals surface area contributed by atoms with Crippen LogP contribution in [0.25, 0.3) is 0 Å². The van der Waals surface area contributed by atoms with Crippen molar-refractivity contribution >= 4 is 29.7 Å². The first-order chi connectivity index (χ1) is 26.6. The van der Waals surface area contributed by atoms with E-state index in [2.05, 4.69) is 20.8 Å². The second-order valence-corrected chi connectivity index (χ2v) is 16.4. The Hall–Kier alpha value is -4.83. The van der Waals surface area contributed by atoms with Crippen molar-refractivity contribution in [1.82, 2.24) is 0 Å². The number of aliphatic hydroxyl groups excluding tert-OH is 2. The van der Waals surface area contributed by atoms with Gasteiger partial charge in [-0.05, 0) is 122 Å².